The Morgan fingerprint density at radius 2 is 1.04 bits per heavy atom. The van der Waals surface area contributed by atoms with Crippen molar-refractivity contribution in [3.05, 3.63) is 29.8 Å². The summed E-state index contributed by atoms with van der Waals surface area (Å²) >= 11 is 0. The number of anilines is 1. The summed E-state index contributed by atoms with van der Waals surface area (Å²) < 4.78 is 17.0. The molecule has 1 amide bonds. The van der Waals surface area contributed by atoms with E-state index in [1.54, 1.807) is 18.2 Å². The summed E-state index contributed by atoms with van der Waals surface area (Å²) in [7, 11) is 0. The van der Waals surface area contributed by atoms with E-state index in [4.69, 9.17) is 19.5 Å². The molecule has 7 N–H and O–H groups in total. The first-order chi connectivity index (χ1) is 34.2. The van der Waals surface area contributed by atoms with Gasteiger partial charge < -0.3 is 45.1 Å². The van der Waals surface area contributed by atoms with Crippen molar-refractivity contribution in [1.82, 2.24) is 5.32 Å². The van der Waals surface area contributed by atoms with Gasteiger partial charge in [0.2, 0.25) is 0 Å². The number of carbonyl (C=O) groups is 1. The Balaban J connectivity index is 1.70. The van der Waals surface area contributed by atoms with Crippen molar-refractivity contribution in [2.75, 3.05) is 25.1 Å². The zero-order valence-electron chi connectivity index (χ0n) is 44.5. The van der Waals surface area contributed by atoms with Crippen LogP contribution < -0.4 is 10.6 Å². The van der Waals surface area contributed by atoms with Gasteiger partial charge in [0.05, 0.1) is 36.5 Å². The molecule has 406 valence electrons. The lowest BCUT2D eigenvalue weighted by molar-refractivity contribution is -0.302. The first-order valence-electron chi connectivity index (χ1n) is 29.1. The molecule has 0 aliphatic carbocycles. The lowest BCUT2D eigenvalue weighted by Crippen LogP contribution is -2.60. The average molecular weight is 988 g/mol. The van der Waals surface area contributed by atoms with Gasteiger partial charge in [-0.1, -0.05) is 245 Å². The SMILES string of the molecule is CCCCCCCCCCCCCCCCCCCCCCCCCCN[C@@H](CO[C@H]1O[C@H](COC(=O)Nc2cccc(C#N)c2)[C@H](O)[C@H](O)[C@H]1O)[C@H](O)[C@H](O)CCCCCCCCCCCCCC. The number of benzene rings is 1. The minimum absolute atomic E-state index is 0.149. The number of carbonyl (C=O) groups excluding carboxylic acids is 1. The van der Waals surface area contributed by atoms with Crippen molar-refractivity contribution in [1.29, 1.82) is 5.26 Å². The first-order valence-corrected chi connectivity index (χ1v) is 29.1. The number of amides is 1. The average Bonchev–Trinajstić information content (AvgIpc) is 3.36. The van der Waals surface area contributed by atoms with Crippen molar-refractivity contribution >= 4 is 11.8 Å². The fourth-order valence-electron chi connectivity index (χ4n) is 9.66. The zero-order valence-corrected chi connectivity index (χ0v) is 44.5. The molecule has 0 unspecified atom stereocenters. The quantitative estimate of drug-likeness (QED) is 0.0307. The van der Waals surface area contributed by atoms with Crippen LogP contribution in [0.5, 0.6) is 0 Å². The third-order valence-electron chi connectivity index (χ3n) is 14.3. The smallest absolute Gasteiger partial charge is 0.411 e. The predicted octanol–water partition coefficient (Wildman–Crippen LogP) is 13.1. The number of ether oxygens (including phenoxy) is 3. The molecule has 1 aliphatic rings. The third-order valence-corrected chi connectivity index (χ3v) is 14.3. The van der Waals surface area contributed by atoms with E-state index in [0.29, 0.717) is 24.2 Å². The summed E-state index contributed by atoms with van der Waals surface area (Å²) in [5.41, 5.74) is 0.696. The highest BCUT2D eigenvalue weighted by Gasteiger charge is 2.45. The van der Waals surface area contributed by atoms with Crippen LogP contribution in [0.2, 0.25) is 0 Å². The molecule has 0 saturated carbocycles. The molecule has 2 rings (SSSR count). The second kappa shape index (κ2) is 44.2. The molecular weight excluding hydrogens is 883 g/mol. The summed E-state index contributed by atoms with van der Waals surface area (Å²) in [6.45, 7) is 4.52. The predicted molar refractivity (Wildman–Crippen MR) is 285 cm³/mol. The van der Waals surface area contributed by atoms with Gasteiger partial charge in [0.1, 0.15) is 31.0 Å². The van der Waals surface area contributed by atoms with E-state index in [1.165, 1.54) is 199 Å². The third kappa shape index (κ3) is 32.0. The highest BCUT2D eigenvalue weighted by molar-refractivity contribution is 5.84. The molecule has 0 bridgehead atoms. The van der Waals surface area contributed by atoms with E-state index in [0.717, 1.165) is 38.5 Å². The number of aliphatic hydroxyl groups excluding tert-OH is 5. The summed E-state index contributed by atoms with van der Waals surface area (Å²) in [5, 5.41) is 69.8. The molecule has 1 aromatic rings. The fourth-order valence-corrected chi connectivity index (χ4v) is 9.66. The van der Waals surface area contributed by atoms with Gasteiger partial charge in [-0.15, -0.1) is 0 Å². The molecule has 1 aliphatic heterocycles. The summed E-state index contributed by atoms with van der Waals surface area (Å²) in [6.07, 6.45) is 36.5. The van der Waals surface area contributed by atoms with Crippen LogP contribution in [0.3, 0.4) is 0 Å². The molecule has 0 radical (unpaired) electrons. The zero-order chi connectivity index (χ0) is 50.7. The lowest BCUT2D eigenvalue weighted by Gasteiger charge is -2.40. The first kappa shape index (κ1) is 63.8. The minimum atomic E-state index is -1.66. The van der Waals surface area contributed by atoms with E-state index in [-0.39, 0.29) is 6.61 Å². The number of rotatable bonds is 47. The maximum Gasteiger partial charge on any atom is 0.411 e. The van der Waals surface area contributed by atoms with Crippen LogP contribution in [0, 0.1) is 11.3 Å². The highest BCUT2D eigenvalue weighted by atomic mass is 16.7. The topological polar surface area (TPSA) is 194 Å². The number of aliphatic hydroxyl groups is 5. The number of hydrogen-bond acceptors (Lipinski definition) is 11. The van der Waals surface area contributed by atoms with Gasteiger partial charge in [0.25, 0.3) is 0 Å². The minimum Gasteiger partial charge on any atom is -0.446 e. The molecule has 1 heterocycles. The van der Waals surface area contributed by atoms with Crippen LogP contribution in [0.4, 0.5) is 10.5 Å². The summed E-state index contributed by atoms with van der Waals surface area (Å²) in [5.74, 6) is 0. The van der Waals surface area contributed by atoms with E-state index in [2.05, 4.69) is 24.5 Å². The number of hydrogen-bond donors (Lipinski definition) is 7. The molecule has 1 fully saturated rings. The molecular formula is C58H105N3O9. The fraction of sp³-hybridized carbons (Fsp3) is 0.862. The summed E-state index contributed by atoms with van der Waals surface area (Å²) in [4.78, 5) is 12.5. The number of nitrogens with one attached hydrogen (secondary N) is 2. The van der Waals surface area contributed by atoms with Gasteiger partial charge >= 0.3 is 6.09 Å². The Labute approximate surface area is 426 Å². The van der Waals surface area contributed by atoms with Gasteiger partial charge in [-0.2, -0.15) is 5.26 Å². The second-order valence-electron chi connectivity index (χ2n) is 20.7. The van der Waals surface area contributed by atoms with E-state index in [1.807, 2.05) is 6.07 Å². The van der Waals surface area contributed by atoms with Crippen molar-refractivity contribution in [2.24, 2.45) is 0 Å². The second-order valence-corrected chi connectivity index (χ2v) is 20.7. The van der Waals surface area contributed by atoms with Crippen LogP contribution in [0.1, 0.15) is 257 Å². The van der Waals surface area contributed by atoms with Gasteiger partial charge in [0.15, 0.2) is 6.29 Å². The van der Waals surface area contributed by atoms with Crippen LogP contribution in [0.15, 0.2) is 24.3 Å². The molecule has 1 saturated heterocycles. The molecule has 70 heavy (non-hydrogen) atoms. The molecule has 12 nitrogen and oxygen atoms in total. The molecule has 1 aromatic carbocycles. The Morgan fingerprint density at radius 1 is 0.614 bits per heavy atom. The maximum absolute atomic E-state index is 12.5. The van der Waals surface area contributed by atoms with E-state index in [9.17, 15) is 30.3 Å². The number of nitriles is 1. The van der Waals surface area contributed by atoms with Crippen molar-refractivity contribution in [3.63, 3.8) is 0 Å². The Bertz CT molecular complexity index is 1400. The summed E-state index contributed by atoms with van der Waals surface area (Å²) in [6, 6.07) is 7.59. The Hall–Kier alpha value is -2.34. The van der Waals surface area contributed by atoms with Crippen molar-refractivity contribution in [2.45, 2.75) is 300 Å². The van der Waals surface area contributed by atoms with Crippen LogP contribution in [0.25, 0.3) is 0 Å². The van der Waals surface area contributed by atoms with Crippen LogP contribution in [-0.2, 0) is 14.2 Å². The molecule has 0 aromatic heterocycles. The van der Waals surface area contributed by atoms with Crippen LogP contribution >= 0.6 is 0 Å². The van der Waals surface area contributed by atoms with Crippen molar-refractivity contribution in [3.8, 4) is 6.07 Å². The Kier molecular flexibility index (Phi) is 40.2. The number of unbranched alkanes of at least 4 members (excludes halogenated alkanes) is 34. The lowest BCUT2D eigenvalue weighted by atomic mass is 9.98. The van der Waals surface area contributed by atoms with Gasteiger partial charge in [-0.3, -0.25) is 5.32 Å². The standard InChI is InChI=1S/C58H105N3O9/c1-3-5-7-9-11-13-15-17-18-19-20-21-22-23-24-25-26-27-28-30-32-34-36-38-43-60-50(53(63)51(62)42-37-35-33-31-29-16-14-12-10-8-6-4-2)46-68-57-56(66)55(65)54(64)52(70-57)47-69-58(67)61-49-41-39-40-48(44-49)45-59/h39-41,44,50-57,60,62-66H,3-38,42-43,46-47H2,1-2H3,(H,61,67)/t50-,51+,52+,53-,54-,55-,56+,57-/m0/s1. The van der Waals surface area contributed by atoms with Gasteiger partial charge in [-0.25, -0.2) is 4.79 Å². The normalized spacial score (nSPS) is 19.4. The largest absolute Gasteiger partial charge is 0.446 e. The van der Waals surface area contributed by atoms with Crippen LogP contribution in [-0.4, -0.2) is 100 Å². The molecule has 12 heteroatoms. The van der Waals surface area contributed by atoms with Gasteiger partial charge in [0, 0.05) is 5.69 Å². The molecule has 8 atom stereocenters. The van der Waals surface area contributed by atoms with E-state index < -0.39 is 61.7 Å². The monoisotopic (exact) mass is 988 g/mol. The highest BCUT2D eigenvalue weighted by Crippen LogP contribution is 2.24. The molecule has 0 spiro atoms. The van der Waals surface area contributed by atoms with E-state index >= 15 is 0 Å². The number of nitrogens with zero attached hydrogens (tertiary/aromatic N) is 1. The van der Waals surface area contributed by atoms with Crippen molar-refractivity contribution < 1.29 is 44.5 Å². The maximum atomic E-state index is 12.5. The van der Waals surface area contributed by atoms with Gasteiger partial charge in [-0.05, 0) is 37.6 Å². The Morgan fingerprint density at radius 3 is 1.49 bits per heavy atom.